The van der Waals surface area contributed by atoms with Gasteiger partial charge in [-0.2, -0.15) is 0 Å². The lowest BCUT2D eigenvalue weighted by atomic mass is 10.1. The molecule has 0 spiro atoms. The standard InChI is InChI=1S/C16H19NO4/c1-2-13-10-12(4-3-7-18)5-6-14(13)17-16(19)15-11-20-8-9-21-15/h5-6,10,15,18H,2,7-9,11H2,1H3,(H,17,19). The van der Waals surface area contributed by atoms with Crippen LogP contribution in [0.1, 0.15) is 18.1 Å². The number of carbonyl (C=O) groups is 1. The zero-order valence-corrected chi connectivity index (χ0v) is 12.0. The molecule has 1 saturated heterocycles. The van der Waals surface area contributed by atoms with Crippen molar-refractivity contribution in [1.82, 2.24) is 0 Å². The molecule has 21 heavy (non-hydrogen) atoms. The Kier molecular flexibility index (Phi) is 5.76. The van der Waals surface area contributed by atoms with Gasteiger partial charge in [0.05, 0.1) is 19.8 Å². The number of nitrogens with one attached hydrogen (secondary N) is 1. The summed E-state index contributed by atoms with van der Waals surface area (Å²) < 4.78 is 10.6. The second-order valence-corrected chi connectivity index (χ2v) is 4.61. The van der Waals surface area contributed by atoms with Crippen molar-refractivity contribution in [3.05, 3.63) is 29.3 Å². The normalized spacial score (nSPS) is 17.7. The number of aliphatic hydroxyl groups is 1. The molecule has 5 heteroatoms. The molecule has 0 aromatic heterocycles. The molecule has 5 nitrogen and oxygen atoms in total. The topological polar surface area (TPSA) is 67.8 Å². The van der Waals surface area contributed by atoms with Crippen molar-refractivity contribution in [2.45, 2.75) is 19.4 Å². The van der Waals surface area contributed by atoms with Crippen LogP contribution in [0, 0.1) is 11.8 Å². The Balaban J connectivity index is 2.09. The molecule has 0 aliphatic carbocycles. The number of aryl methyl sites for hydroxylation is 1. The molecule has 1 fully saturated rings. The lowest BCUT2D eigenvalue weighted by Crippen LogP contribution is -2.39. The first-order valence-corrected chi connectivity index (χ1v) is 6.97. The summed E-state index contributed by atoms with van der Waals surface area (Å²) in [7, 11) is 0. The van der Waals surface area contributed by atoms with Gasteiger partial charge in [0.2, 0.25) is 0 Å². The molecule has 0 radical (unpaired) electrons. The van der Waals surface area contributed by atoms with Crippen LogP contribution in [0.2, 0.25) is 0 Å². The zero-order chi connectivity index (χ0) is 15.1. The number of anilines is 1. The van der Waals surface area contributed by atoms with Crippen LogP contribution >= 0.6 is 0 Å². The molecule has 1 aromatic carbocycles. The Morgan fingerprint density at radius 3 is 3.00 bits per heavy atom. The lowest BCUT2D eigenvalue weighted by molar-refractivity contribution is -0.142. The van der Waals surface area contributed by atoms with Gasteiger partial charge in [-0.3, -0.25) is 4.79 Å². The van der Waals surface area contributed by atoms with Crippen LogP contribution in [-0.2, 0) is 20.7 Å². The van der Waals surface area contributed by atoms with E-state index in [2.05, 4.69) is 17.2 Å². The Labute approximate surface area is 124 Å². The third-order valence-electron chi connectivity index (χ3n) is 3.16. The first-order valence-electron chi connectivity index (χ1n) is 6.97. The number of aliphatic hydroxyl groups excluding tert-OH is 1. The van der Waals surface area contributed by atoms with E-state index in [0.717, 1.165) is 23.2 Å². The minimum atomic E-state index is -0.558. The first-order chi connectivity index (χ1) is 10.2. The van der Waals surface area contributed by atoms with Crippen LogP contribution < -0.4 is 5.32 Å². The van der Waals surface area contributed by atoms with Crippen molar-refractivity contribution >= 4 is 11.6 Å². The van der Waals surface area contributed by atoms with Gasteiger partial charge >= 0.3 is 0 Å². The van der Waals surface area contributed by atoms with Crippen molar-refractivity contribution in [3.8, 4) is 11.8 Å². The minimum absolute atomic E-state index is 0.168. The molecule has 0 saturated carbocycles. The minimum Gasteiger partial charge on any atom is -0.384 e. The van der Waals surface area contributed by atoms with E-state index in [1.165, 1.54) is 0 Å². The fourth-order valence-corrected chi connectivity index (χ4v) is 2.08. The van der Waals surface area contributed by atoms with Crippen LogP contribution in [0.15, 0.2) is 18.2 Å². The molecular formula is C16H19NO4. The highest BCUT2D eigenvalue weighted by Crippen LogP contribution is 2.19. The van der Waals surface area contributed by atoms with Crippen molar-refractivity contribution < 1.29 is 19.4 Å². The largest absolute Gasteiger partial charge is 0.384 e. The van der Waals surface area contributed by atoms with Crippen LogP contribution in [0.3, 0.4) is 0 Å². The summed E-state index contributed by atoms with van der Waals surface area (Å²) in [6.07, 6.45) is 0.212. The van der Waals surface area contributed by atoms with E-state index in [0.29, 0.717) is 13.2 Å². The quantitative estimate of drug-likeness (QED) is 0.813. The highest BCUT2D eigenvalue weighted by atomic mass is 16.6. The average molecular weight is 289 g/mol. The number of hydrogen-bond donors (Lipinski definition) is 2. The molecule has 0 bridgehead atoms. The van der Waals surface area contributed by atoms with Gasteiger partial charge < -0.3 is 19.9 Å². The second-order valence-electron chi connectivity index (χ2n) is 4.61. The van der Waals surface area contributed by atoms with E-state index in [4.69, 9.17) is 14.6 Å². The molecule has 1 unspecified atom stereocenters. The van der Waals surface area contributed by atoms with Gasteiger partial charge in [0.25, 0.3) is 5.91 Å². The Bertz CT molecular complexity index is 553. The monoisotopic (exact) mass is 289 g/mol. The average Bonchev–Trinajstić information content (AvgIpc) is 2.54. The molecule has 1 heterocycles. The summed E-state index contributed by atoms with van der Waals surface area (Å²) in [5.41, 5.74) is 2.56. The van der Waals surface area contributed by atoms with Gasteiger partial charge in [-0.05, 0) is 30.2 Å². The number of hydrogen-bond acceptors (Lipinski definition) is 4. The fourth-order valence-electron chi connectivity index (χ4n) is 2.08. The van der Waals surface area contributed by atoms with Crippen LogP contribution in [0.25, 0.3) is 0 Å². The summed E-state index contributed by atoms with van der Waals surface area (Å²) in [5.74, 6) is 5.27. The molecular weight excluding hydrogens is 270 g/mol. The number of benzene rings is 1. The molecule has 2 N–H and O–H groups in total. The SMILES string of the molecule is CCc1cc(C#CCO)ccc1NC(=O)C1COCCO1. The maximum Gasteiger partial charge on any atom is 0.255 e. The van der Waals surface area contributed by atoms with Crippen LogP contribution in [0.4, 0.5) is 5.69 Å². The smallest absolute Gasteiger partial charge is 0.255 e. The van der Waals surface area contributed by atoms with Gasteiger partial charge in [0, 0.05) is 11.3 Å². The van der Waals surface area contributed by atoms with E-state index in [1.54, 1.807) is 0 Å². The number of amides is 1. The third kappa shape index (κ3) is 4.30. The maximum atomic E-state index is 12.1. The van der Waals surface area contributed by atoms with E-state index in [-0.39, 0.29) is 19.1 Å². The summed E-state index contributed by atoms with van der Waals surface area (Å²) >= 11 is 0. The molecule has 1 aliphatic rings. The van der Waals surface area contributed by atoms with Gasteiger partial charge in [0.15, 0.2) is 6.10 Å². The Hall–Kier alpha value is -1.87. The molecule has 2 rings (SSSR count). The zero-order valence-electron chi connectivity index (χ0n) is 12.0. The number of ether oxygens (including phenoxy) is 2. The summed E-state index contributed by atoms with van der Waals surface area (Å²) in [5, 5.41) is 11.6. The fraction of sp³-hybridized carbons (Fsp3) is 0.438. The lowest BCUT2D eigenvalue weighted by Gasteiger charge is -2.22. The highest BCUT2D eigenvalue weighted by Gasteiger charge is 2.23. The predicted octanol–water partition coefficient (Wildman–Crippen LogP) is 0.947. The highest BCUT2D eigenvalue weighted by molar-refractivity contribution is 5.95. The summed E-state index contributed by atoms with van der Waals surface area (Å²) in [4.78, 5) is 12.1. The van der Waals surface area contributed by atoms with Crippen molar-refractivity contribution in [2.75, 3.05) is 31.7 Å². The second kappa shape index (κ2) is 7.79. The Morgan fingerprint density at radius 2 is 2.33 bits per heavy atom. The maximum absolute atomic E-state index is 12.1. The van der Waals surface area contributed by atoms with Gasteiger partial charge in [-0.25, -0.2) is 0 Å². The third-order valence-corrected chi connectivity index (χ3v) is 3.16. The van der Waals surface area contributed by atoms with E-state index in [1.807, 2.05) is 25.1 Å². The van der Waals surface area contributed by atoms with Crippen LogP contribution in [-0.4, -0.2) is 43.5 Å². The van der Waals surface area contributed by atoms with Crippen molar-refractivity contribution in [2.24, 2.45) is 0 Å². The number of carbonyl (C=O) groups excluding carboxylic acids is 1. The Morgan fingerprint density at radius 1 is 1.48 bits per heavy atom. The molecule has 1 atom stereocenters. The van der Waals surface area contributed by atoms with Gasteiger partial charge in [0.1, 0.15) is 6.61 Å². The molecule has 1 aromatic rings. The first kappa shape index (κ1) is 15.5. The van der Waals surface area contributed by atoms with Crippen molar-refractivity contribution in [3.63, 3.8) is 0 Å². The predicted molar refractivity (Wildman–Crippen MR) is 79.0 cm³/mol. The summed E-state index contributed by atoms with van der Waals surface area (Å²) in [6, 6.07) is 5.55. The van der Waals surface area contributed by atoms with E-state index in [9.17, 15) is 4.79 Å². The summed E-state index contributed by atoms with van der Waals surface area (Å²) in [6.45, 7) is 3.09. The molecule has 1 amide bonds. The van der Waals surface area contributed by atoms with Gasteiger partial charge in [-0.1, -0.05) is 18.8 Å². The van der Waals surface area contributed by atoms with Crippen LogP contribution in [0.5, 0.6) is 0 Å². The van der Waals surface area contributed by atoms with Crippen molar-refractivity contribution in [1.29, 1.82) is 0 Å². The molecule has 1 aliphatic heterocycles. The van der Waals surface area contributed by atoms with Gasteiger partial charge in [-0.15, -0.1) is 0 Å². The molecule has 112 valence electrons. The van der Waals surface area contributed by atoms with E-state index < -0.39 is 6.10 Å². The van der Waals surface area contributed by atoms with E-state index >= 15 is 0 Å². The number of rotatable bonds is 3.